The summed E-state index contributed by atoms with van der Waals surface area (Å²) in [5.74, 6) is -0.196. The molecule has 0 bridgehead atoms. The van der Waals surface area contributed by atoms with Crippen molar-refractivity contribution < 1.29 is 4.79 Å². The lowest BCUT2D eigenvalue weighted by atomic mass is 10.2. The molecule has 0 saturated carbocycles. The van der Waals surface area contributed by atoms with Gasteiger partial charge < -0.3 is 5.32 Å². The van der Waals surface area contributed by atoms with Crippen molar-refractivity contribution in [2.45, 2.75) is 0 Å². The molecule has 2 rings (SSSR count). The zero-order chi connectivity index (χ0) is 12.3. The van der Waals surface area contributed by atoms with Gasteiger partial charge >= 0.3 is 0 Å². The first kappa shape index (κ1) is 12.3. The Balaban J connectivity index is 2.20. The van der Waals surface area contributed by atoms with Crippen molar-refractivity contribution in [3.05, 3.63) is 56.9 Å². The van der Waals surface area contributed by atoms with E-state index in [0.29, 0.717) is 16.3 Å². The third-order valence-corrected chi connectivity index (χ3v) is 3.10. The zero-order valence-corrected chi connectivity index (χ0v) is 11.6. The van der Waals surface area contributed by atoms with Gasteiger partial charge in [0.15, 0.2) is 0 Å². The van der Waals surface area contributed by atoms with E-state index in [4.69, 9.17) is 11.6 Å². The minimum atomic E-state index is -0.196. The summed E-state index contributed by atoms with van der Waals surface area (Å²) in [6, 6.07) is 8.95. The van der Waals surface area contributed by atoms with Crippen molar-refractivity contribution in [2.24, 2.45) is 0 Å². The Morgan fingerprint density at radius 1 is 1.35 bits per heavy atom. The molecule has 1 aromatic carbocycles. The topological polar surface area (TPSA) is 42.0 Å². The third kappa shape index (κ3) is 3.17. The van der Waals surface area contributed by atoms with Gasteiger partial charge in [-0.2, -0.15) is 0 Å². The molecule has 1 amide bonds. The number of rotatable bonds is 2. The Morgan fingerprint density at radius 2 is 2.18 bits per heavy atom. The molecule has 2 aromatic rings. The van der Waals surface area contributed by atoms with Crippen LogP contribution in [-0.4, -0.2) is 10.9 Å². The normalized spacial score (nSPS) is 10.0. The van der Waals surface area contributed by atoms with Gasteiger partial charge in [-0.05, 0) is 46.9 Å². The van der Waals surface area contributed by atoms with Gasteiger partial charge in [-0.25, -0.2) is 0 Å². The van der Waals surface area contributed by atoms with Crippen LogP contribution >= 0.6 is 34.2 Å². The van der Waals surface area contributed by atoms with Gasteiger partial charge in [0.2, 0.25) is 0 Å². The summed E-state index contributed by atoms with van der Waals surface area (Å²) in [6.45, 7) is 0. The quantitative estimate of drug-likeness (QED) is 0.834. The van der Waals surface area contributed by atoms with Crippen LogP contribution in [0, 0.1) is 3.57 Å². The predicted octanol–water partition coefficient (Wildman–Crippen LogP) is 3.59. The van der Waals surface area contributed by atoms with Crippen LogP contribution in [0.2, 0.25) is 5.02 Å². The zero-order valence-electron chi connectivity index (χ0n) is 8.65. The van der Waals surface area contributed by atoms with E-state index in [1.165, 1.54) is 6.20 Å². The number of nitrogens with one attached hydrogen (secondary N) is 1. The summed E-state index contributed by atoms with van der Waals surface area (Å²) in [7, 11) is 0. The highest BCUT2D eigenvalue weighted by Gasteiger charge is 2.08. The molecule has 86 valence electrons. The fourth-order valence-electron chi connectivity index (χ4n) is 1.29. The summed E-state index contributed by atoms with van der Waals surface area (Å²) in [4.78, 5) is 15.8. The van der Waals surface area contributed by atoms with Gasteiger partial charge in [-0.1, -0.05) is 17.7 Å². The first-order valence-corrected chi connectivity index (χ1v) is 6.29. The van der Waals surface area contributed by atoms with Gasteiger partial charge in [0.1, 0.15) is 0 Å². The number of hydrogen-bond acceptors (Lipinski definition) is 2. The van der Waals surface area contributed by atoms with E-state index in [1.807, 2.05) is 12.1 Å². The molecule has 0 unspecified atom stereocenters. The number of benzene rings is 1. The minimum absolute atomic E-state index is 0.196. The number of hydrogen-bond donors (Lipinski definition) is 1. The van der Waals surface area contributed by atoms with E-state index in [0.717, 1.165) is 3.57 Å². The molecule has 0 saturated heterocycles. The highest BCUT2D eigenvalue weighted by molar-refractivity contribution is 14.1. The highest BCUT2D eigenvalue weighted by Crippen LogP contribution is 2.20. The van der Waals surface area contributed by atoms with Crippen molar-refractivity contribution in [1.82, 2.24) is 4.98 Å². The van der Waals surface area contributed by atoms with E-state index in [1.54, 1.807) is 24.4 Å². The molecule has 0 radical (unpaired) electrons. The molecule has 0 aliphatic rings. The lowest BCUT2D eigenvalue weighted by Gasteiger charge is -2.06. The number of aromatic nitrogens is 1. The third-order valence-electron chi connectivity index (χ3n) is 2.10. The molecule has 1 N–H and O–H groups in total. The van der Waals surface area contributed by atoms with Gasteiger partial charge in [0.25, 0.3) is 5.91 Å². The lowest BCUT2D eigenvalue weighted by Crippen LogP contribution is -2.12. The summed E-state index contributed by atoms with van der Waals surface area (Å²) in [5.41, 5.74) is 1.11. The Kier molecular flexibility index (Phi) is 3.96. The molecule has 0 atom stereocenters. The second-order valence-corrected chi connectivity index (χ2v) is 4.97. The monoisotopic (exact) mass is 358 g/mol. The van der Waals surface area contributed by atoms with Crippen molar-refractivity contribution in [2.75, 3.05) is 5.32 Å². The standard InChI is InChI=1S/C12H8ClIN2O/c13-10-4-5-15-7-11(10)16-12(17)8-2-1-3-9(14)6-8/h1-7H,(H,16,17). The number of carbonyl (C=O) groups excluding carboxylic acids is 1. The van der Waals surface area contributed by atoms with Crippen LogP contribution in [0.3, 0.4) is 0 Å². The summed E-state index contributed by atoms with van der Waals surface area (Å²) in [6.07, 6.45) is 3.09. The second-order valence-electron chi connectivity index (χ2n) is 3.32. The minimum Gasteiger partial charge on any atom is -0.319 e. The fraction of sp³-hybridized carbons (Fsp3) is 0. The molecule has 3 nitrogen and oxygen atoms in total. The molecule has 1 aromatic heterocycles. The lowest BCUT2D eigenvalue weighted by molar-refractivity contribution is 0.102. The Labute approximate surface area is 117 Å². The van der Waals surface area contributed by atoms with Gasteiger partial charge in [0, 0.05) is 15.3 Å². The molecular weight excluding hydrogens is 351 g/mol. The van der Waals surface area contributed by atoms with Crippen LogP contribution < -0.4 is 5.32 Å². The maximum absolute atomic E-state index is 11.9. The molecule has 17 heavy (non-hydrogen) atoms. The number of carbonyl (C=O) groups is 1. The smallest absolute Gasteiger partial charge is 0.255 e. The second kappa shape index (κ2) is 5.46. The SMILES string of the molecule is O=C(Nc1cnccc1Cl)c1cccc(I)c1. The first-order valence-electron chi connectivity index (χ1n) is 4.83. The van der Waals surface area contributed by atoms with E-state index in [-0.39, 0.29) is 5.91 Å². The first-order chi connectivity index (χ1) is 8.16. The van der Waals surface area contributed by atoms with Crippen LogP contribution in [0.4, 0.5) is 5.69 Å². The predicted molar refractivity (Wildman–Crippen MR) is 76.4 cm³/mol. The van der Waals surface area contributed by atoms with Crippen LogP contribution in [0.25, 0.3) is 0 Å². The number of halogens is 2. The molecule has 5 heteroatoms. The van der Waals surface area contributed by atoms with E-state index >= 15 is 0 Å². The summed E-state index contributed by atoms with van der Waals surface area (Å²) >= 11 is 8.09. The average Bonchev–Trinajstić information content (AvgIpc) is 2.32. The Bertz CT molecular complexity index is 560. The van der Waals surface area contributed by atoms with E-state index < -0.39 is 0 Å². The molecule has 1 heterocycles. The van der Waals surface area contributed by atoms with Crippen molar-refractivity contribution >= 4 is 45.8 Å². The van der Waals surface area contributed by atoms with Gasteiger partial charge in [0.05, 0.1) is 16.9 Å². The Morgan fingerprint density at radius 3 is 2.88 bits per heavy atom. The fourth-order valence-corrected chi connectivity index (χ4v) is 1.99. The molecule has 0 aliphatic heterocycles. The number of amides is 1. The van der Waals surface area contributed by atoms with Crippen LogP contribution in [-0.2, 0) is 0 Å². The van der Waals surface area contributed by atoms with Crippen molar-refractivity contribution in [1.29, 1.82) is 0 Å². The van der Waals surface area contributed by atoms with Crippen molar-refractivity contribution in [3.63, 3.8) is 0 Å². The van der Waals surface area contributed by atoms with Crippen molar-refractivity contribution in [3.8, 4) is 0 Å². The van der Waals surface area contributed by atoms with Crippen LogP contribution in [0.5, 0.6) is 0 Å². The molecule has 0 fully saturated rings. The highest BCUT2D eigenvalue weighted by atomic mass is 127. The maximum Gasteiger partial charge on any atom is 0.255 e. The van der Waals surface area contributed by atoms with Crippen LogP contribution in [0.1, 0.15) is 10.4 Å². The average molecular weight is 359 g/mol. The number of anilines is 1. The van der Waals surface area contributed by atoms with Gasteiger partial charge in [-0.3, -0.25) is 9.78 Å². The molecule has 0 aliphatic carbocycles. The maximum atomic E-state index is 11.9. The number of nitrogens with zero attached hydrogens (tertiary/aromatic N) is 1. The largest absolute Gasteiger partial charge is 0.319 e. The number of pyridine rings is 1. The summed E-state index contributed by atoms with van der Waals surface area (Å²) < 4.78 is 1.01. The van der Waals surface area contributed by atoms with Gasteiger partial charge in [-0.15, -0.1) is 0 Å². The molecular formula is C12H8ClIN2O. The molecule has 0 spiro atoms. The van der Waals surface area contributed by atoms with E-state index in [9.17, 15) is 4.79 Å². The summed E-state index contributed by atoms with van der Waals surface area (Å²) in [5, 5.41) is 3.19. The Hall–Kier alpha value is -1.14. The van der Waals surface area contributed by atoms with E-state index in [2.05, 4.69) is 32.9 Å². The van der Waals surface area contributed by atoms with Crippen LogP contribution in [0.15, 0.2) is 42.7 Å².